The molecule has 0 heterocycles. The molecule has 0 spiro atoms. The largest absolute Gasteiger partial charge is 0.0530 e. The van der Waals surface area contributed by atoms with E-state index < -0.39 is 0 Å². The molecule has 170 valence electrons. The lowest BCUT2D eigenvalue weighted by Crippen LogP contribution is -2.42. The van der Waals surface area contributed by atoms with Crippen molar-refractivity contribution >= 4 is 0 Å². The zero-order valence-corrected chi connectivity index (χ0v) is 19.9. The Kier molecular flexibility index (Phi) is 6.24. The van der Waals surface area contributed by atoms with Crippen LogP contribution in [0.3, 0.4) is 0 Å². The van der Waals surface area contributed by atoms with Gasteiger partial charge in [0.1, 0.15) is 0 Å². The Morgan fingerprint density at radius 3 is 1.20 bits per heavy atom. The van der Waals surface area contributed by atoms with Crippen molar-refractivity contribution in [3.8, 4) is 0 Å². The summed E-state index contributed by atoms with van der Waals surface area (Å²) in [6.45, 7) is 0. The molecule has 0 saturated heterocycles. The summed E-state index contributed by atoms with van der Waals surface area (Å²) >= 11 is 0. The van der Waals surface area contributed by atoms with E-state index in [4.69, 9.17) is 0 Å². The third kappa shape index (κ3) is 4.05. The minimum Gasteiger partial charge on any atom is -0.0530 e. The van der Waals surface area contributed by atoms with Gasteiger partial charge in [0, 0.05) is 0 Å². The summed E-state index contributed by atoms with van der Waals surface area (Å²) in [5.41, 5.74) is 0. The van der Waals surface area contributed by atoms with Crippen LogP contribution in [0.1, 0.15) is 128 Å². The molecule has 0 bridgehead atoms. The molecular weight excluding hydrogens is 360 g/mol. The molecule has 6 fully saturated rings. The van der Waals surface area contributed by atoms with Crippen molar-refractivity contribution in [1.82, 2.24) is 0 Å². The number of hydrogen-bond acceptors (Lipinski definition) is 0. The van der Waals surface area contributed by atoms with Crippen molar-refractivity contribution < 1.29 is 0 Å². The third-order valence-corrected chi connectivity index (χ3v) is 12.1. The van der Waals surface area contributed by atoms with Crippen molar-refractivity contribution in [2.45, 2.75) is 128 Å². The van der Waals surface area contributed by atoms with Crippen LogP contribution < -0.4 is 0 Å². The summed E-state index contributed by atoms with van der Waals surface area (Å²) in [5, 5.41) is 0. The smallest absolute Gasteiger partial charge is 0.0355 e. The van der Waals surface area contributed by atoms with E-state index in [9.17, 15) is 0 Å². The first-order chi connectivity index (χ1) is 14.8. The fraction of sp³-hybridized carbons (Fsp3) is 1.00. The van der Waals surface area contributed by atoms with Crippen molar-refractivity contribution in [2.24, 2.45) is 59.2 Å². The zero-order valence-electron chi connectivity index (χ0n) is 19.9. The van der Waals surface area contributed by atoms with E-state index in [0.717, 1.165) is 59.2 Å². The van der Waals surface area contributed by atoms with Crippen molar-refractivity contribution in [3.05, 3.63) is 0 Å². The van der Waals surface area contributed by atoms with Gasteiger partial charge in [-0.25, -0.2) is 0 Å². The van der Waals surface area contributed by atoms with Crippen molar-refractivity contribution in [1.29, 1.82) is 0 Å². The van der Waals surface area contributed by atoms with E-state index in [1.807, 2.05) is 0 Å². The van der Waals surface area contributed by atoms with Crippen molar-refractivity contribution in [3.63, 3.8) is 0 Å². The van der Waals surface area contributed by atoms with Gasteiger partial charge in [-0.2, -0.15) is 0 Å². The molecule has 0 aliphatic heterocycles. The second kappa shape index (κ2) is 9.09. The lowest BCUT2D eigenvalue weighted by molar-refractivity contribution is -0.0123. The molecule has 30 heavy (non-hydrogen) atoms. The number of fused-ring (bicyclic) bond motifs is 3. The molecule has 0 aromatic carbocycles. The van der Waals surface area contributed by atoms with Gasteiger partial charge < -0.3 is 0 Å². The van der Waals surface area contributed by atoms with Crippen LogP contribution in [0, 0.1) is 59.2 Å². The molecule has 6 aliphatic carbocycles. The predicted molar refractivity (Wildman–Crippen MR) is 127 cm³/mol. The van der Waals surface area contributed by atoms with Gasteiger partial charge in [-0.15, -0.1) is 0 Å². The van der Waals surface area contributed by atoms with Crippen LogP contribution in [0.15, 0.2) is 0 Å². The molecule has 0 nitrogen and oxygen atoms in total. The lowest BCUT2D eigenvalue weighted by atomic mass is 9.54. The highest BCUT2D eigenvalue weighted by Crippen LogP contribution is 2.56. The molecule has 10 atom stereocenters. The van der Waals surface area contributed by atoms with Crippen LogP contribution in [-0.4, -0.2) is 0 Å². The zero-order chi connectivity index (χ0) is 19.9. The van der Waals surface area contributed by atoms with Crippen LogP contribution in [0.4, 0.5) is 0 Å². The molecule has 6 saturated carbocycles. The second-order valence-electron chi connectivity index (χ2n) is 13.4. The van der Waals surface area contributed by atoms with E-state index in [2.05, 4.69) is 0 Å². The quantitative estimate of drug-likeness (QED) is 0.426. The normalized spacial score (nSPS) is 52.0. The SMILES string of the molecule is C1CCC2CC(C3CCCCC3C3CCC4CC5CCCCC5CC4C3)CCC2C1. The Bertz CT molecular complexity index is 564. The minimum absolute atomic E-state index is 1.13. The molecule has 0 amide bonds. The highest BCUT2D eigenvalue weighted by atomic mass is 14.5. The highest BCUT2D eigenvalue weighted by molar-refractivity contribution is 4.96. The van der Waals surface area contributed by atoms with Gasteiger partial charge in [-0.05, 0) is 123 Å². The Balaban J connectivity index is 1.12. The molecule has 6 rings (SSSR count). The van der Waals surface area contributed by atoms with Gasteiger partial charge in [-0.3, -0.25) is 0 Å². The number of hydrogen-bond donors (Lipinski definition) is 0. The average molecular weight is 411 g/mol. The Hall–Kier alpha value is 0. The second-order valence-corrected chi connectivity index (χ2v) is 13.4. The maximum Gasteiger partial charge on any atom is -0.0355 e. The Labute approximate surface area is 187 Å². The standard InChI is InChI=1S/C30H50/c1-2-8-22-18-26(15-13-21(22)7-1)29-11-5-6-12-30(29)27-16-14-25-17-23-9-3-4-10-24(23)19-28(25)20-27/h21-30H,1-20H2. The topological polar surface area (TPSA) is 0 Å². The van der Waals surface area contributed by atoms with Gasteiger partial charge in [0.25, 0.3) is 0 Å². The van der Waals surface area contributed by atoms with Crippen LogP contribution >= 0.6 is 0 Å². The van der Waals surface area contributed by atoms with E-state index in [1.165, 1.54) is 0 Å². The van der Waals surface area contributed by atoms with Gasteiger partial charge >= 0.3 is 0 Å². The van der Waals surface area contributed by atoms with E-state index in [0.29, 0.717) is 0 Å². The summed E-state index contributed by atoms with van der Waals surface area (Å²) < 4.78 is 0. The fourth-order valence-corrected chi connectivity index (χ4v) is 10.7. The lowest BCUT2D eigenvalue weighted by Gasteiger charge is -2.52. The maximum absolute atomic E-state index is 1.66. The summed E-state index contributed by atoms with van der Waals surface area (Å²) in [6, 6.07) is 0. The summed E-state index contributed by atoms with van der Waals surface area (Å²) in [4.78, 5) is 0. The third-order valence-electron chi connectivity index (χ3n) is 12.1. The average Bonchev–Trinajstić information content (AvgIpc) is 2.82. The molecule has 0 aromatic rings. The van der Waals surface area contributed by atoms with Gasteiger partial charge in [0.2, 0.25) is 0 Å². The molecule has 0 heteroatoms. The molecular formula is C30H50. The summed E-state index contributed by atoms with van der Waals surface area (Å²) in [6.07, 6.45) is 32.0. The highest BCUT2D eigenvalue weighted by Gasteiger charge is 2.45. The first-order valence-electron chi connectivity index (χ1n) is 14.8. The van der Waals surface area contributed by atoms with Crippen LogP contribution in [0.25, 0.3) is 0 Å². The Morgan fingerprint density at radius 1 is 0.233 bits per heavy atom. The maximum atomic E-state index is 1.66. The van der Waals surface area contributed by atoms with Crippen molar-refractivity contribution in [2.75, 3.05) is 0 Å². The molecule has 0 N–H and O–H groups in total. The predicted octanol–water partition coefficient (Wildman–Crippen LogP) is 9.03. The fourth-order valence-electron chi connectivity index (χ4n) is 10.7. The van der Waals surface area contributed by atoms with Gasteiger partial charge in [0.15, 0.2) is 0 Å². The number of rotatable bonds is 2. The van der Waals surface area contributed by atoms with Crippen LogP contribution in [-0.2, 0) is 0 Å². The molecule has 6 aliphatic rings. The first kappa shape index (κ1) is 20.6. The minimum atomic E-state index is 1.13. The monoisotopic (exact) mass is 410 g/mol. The van der Waals surface area contributed by atoms with E-state index in [1.54, 1.807) is 128 Å². The van der Waals surface area contributed by atoms with E-state index >= 15 is 0 Å². The molecule has 0 radical (unpaired) electrons. The summed E-state index contributed by atoms with van der Waals surface area (Å²) in [5.74, 6) is 11.4. The first-order valence-corrected chi connectivity index (χ1v) is 14.8. The molecule has 10 unspecified atom stereocenters. The van der Waals surface area contributed by atoms with Gasteiger partial charge in [-0.1, -0.05) is 64.2 Å². The van der Waals surface area contributed by atoms with Crippen LogP contribution in [0.2, 0.25) is 0 Å². The Morgan fingerprint density at radius 2 is 0.567 bits per heavy atom. The van der Waals surface area contributed by atoms with E-state index in [-0.39, 0.29) is 0 Å². The van der Waals surface area contributed by atoms with Gasteiger partial charge in [0.05, 0.1) is 0 Å². The molecule has 0 aromatic heterocycles. The summed E-state index contributed by atoms with van der Waals surface area (Å²) in [7, 11) is 0. The van der Waals surface area contributed by atoms with Crippen LogP contribution in [0.5, 0.6) is 0 Å².